The molecule has 0 N–H and O–H groups in total. The minimum atomic E-state index is 0.118. The molecule has 5 nitrogen and oxygen atoms in total. The van der Waals surface area contributed by atoms with E-state index in [1.807, 2.05) is 13.9 Å². The van der Waals surface area contributed by atoms with Crippen molar-refractivity contribution in [1.29, 1.82) is 5.26 Å². The summed E-state index contributed by atoms with van der Waals surface area (Å²) in [5.74, 6) is 0.118. The van der Waals surface area contributed by atoms with E-state index >= 15 is 0 Å². The van der Waals surface area contributed by atoms with Crippen molar-refractivity contribution < 1.29 is 0 Å². The van der Waals surface area contributed by atoms with Crippen LogP contribution in [-0.2, 0) is 0 Å². The maximum absolute atomic E-state index is 8.54. The van der Waals surface area contributed by atoms with Crippen LogP contribution >= 0.6 is 0 Å². The minimum Gasteiger partial charge on any atom is -0.250 e. The van der Waals surface area contributed by atoms with Crippen LogP contribution in [0.5, 0.6) is 0 Å². The monoisotopic (exact) mass is 169 g/mol. The van der Waals surface area contributed by atoms with Gasteiger partial charge in [-0.25, -0.2) is 9.97 Å². The molecule has 0 bridgehead atoms. The van der Waals surface area contributed by atoms with E-state index in [2.05, 4.69) is 19.9 Å². The zero-order chi connectivity index (χ0) is 9.26. The Bertz CT molecular complexity index is 504. The zero-order valence-electron chi connectivity index (χ0n) is 6.89. The average molecular weight is 169 g/mol. The quantitative estimate of drug-likeness (QED) is 0.451. The third kappa shape index (κ3) is 1.31. The van der Waals surface area contributed by atoms with Gasteiger partial charge in [0.2, 0.25) is 5.82 Å². The Morgan fingerprint density at radius 1 is 1.23 bits per heavy atom. The molecule has 0 saturated heterocycles. The lowest BCUT2D eigenvalue weighted by Gasteiger charge is -1.95. The van der Waals surface area contributed by atoms with Gasteiger partial charge in [-0.15, -0.1) is 0 Å². The topological polar surface area (TPSA) is 75.3 Å². The highest BCUT2D eigenvalue weighted by molar-refractivity contribution is 6.30. The number of fused-ring (bicyclic) bond motifs is 1. The Hall–Kier alpha value is -2.03. The molecule has 2 aromatic heterocycles. The van der Waals surface area contributed by atoms with Crippen molar-refractivity contribution in [3.8, 4) is 6.07 Å². The van der Waals surface area contributed by atoms with E-state index in [9.17, 15) is 0 Å². The maximum Gasteiger partial charge on any atom is 0.234 e. The molecule has 0 atom stereocenters. The van der Waals surface area contributed by atoms with Gasteiger partial charge in [0.15, 0.2) is 13.5 Å². The van der Waals surface area contributed by atoms with Crippen molar-refractivity contribution >= 4 is 24.6 Å². The number of hydrogen-bond donors (Lipinski definition) is 0. The van der Waals surface area contributed by atoms with E-state index in [0.717, 1.165) is 5.59 Å². The second-order valence-electron chi connectivity index (χ2n) is 2.53. The van der Waals surface area contributed by atoms with Gasteiger partial charge in [-0.05, 0) is 0 Å². The van der Waals surface area contributed by atoms with Crippen LogP contribution in [0.2, 0.25) is 0 Å². The van der Waals surface area contributed by atoms with Gasteiger partial charge >= 0.3 is 0 Å². The largest absolute Gasteiger partial charge is 0.250 e. The SMILES string of the molecule is Bc1cnc2cnc(C#N)nc2n1. The van der Waals surface area contributed by atoms with Crippen LogP contribution in [0.15, 0.2) is 12.4 Å². The van der Waals surface area contributed by atoms with Gasteiger partial charge in [0.25, 0.3) is 0 Å². The Morgan fingerprint density at radius 3 is 2.85 bits per heavy atom. The normalized spacial score (nSPS) is 9.77. The third-order valence-electron chi connectivity index (χ3n) is 1.52. The molecule has 60 valence electrons. The van der Waals surface area contributed by atoms with Crippen LogP contribution in [0.4, 0.5) is 0 Å². The molecular formula is C7H4BN5. The second kappa shape index (κ2) is 2.79. The van der Waals surface area contributed by atoms with Gasteiger partial charge in [0.05, 0.1) is 6.20 Å². The summed E-state index contributed by atoms with van der Waals surface area (Å²) in [6.07, 6.45) is 3.13. The van der Waals surface area contributed by atoms with Crippen molar-refractivity contribution in [3.05, 3.63) is 18.2 Å². The van der Waals surface area contributed by atoms with E-state index in [4.69, 9.17) is 5.26 Å². The van der Waals surface area contributed by atoms with E-state index in [1.54, 1.807) is 6.20 Å². The molecule has 0 aromatic carbocycles. The Labute approximate surface area is 74.9 Å². The molecular weight excluding hydrogens is 165 g/mol. The van der Waals surface area contributed by atoms with Crippen LogP contribution in [0.25, 0.3) is 11.2 Å². The Balaban J connectivity index is 2.77. The Morgan fingerprint density at radius 2 is 2.08 bits per heavy atom. The minimum absolute atomic E-state index is 0.118. The fraction of sp³-hybridized carbons (Fsp3) is 0. The number of nitrogens with zero attached hydrogens (tertiary/aromatic N) is 5. The molecule has 2 rings (SSSR count). The molecule has 0 unspecified atom stereocenters. The fourth-order valence-electron chi connectivity index (χ4n) is 0.953. The van der Waals surface area contributed by atoms with Crippen molar-refractivity contribution in [2.24, 2.45) is 0 Å². The second-order valence-corrected chi connectivity index (χ2v) is 2.53. The van der Waals surface area contributed by atoms with Gasteiger partial charge in [-0.1, -0.05) is 0 Å². The summed E-state index contributed by atoms with van der Waals surface area (Å²) >= 11 is 0. The fourth-order valence-corrected chi connectivity index (χ4v) is 0.953. The first kappa shape index (κ1) is 7.62. The van der Waals surface area contributed by atoms with Crippen molar-refractivity contribution in [3.63, 3.8) is 0 Å². The van der Waals surface area contributed by atoms with Crippen LogP contribution < -0.4 is 5.59 Å². The van der Waals surface area contributed by atoms with Crippen molar-refractivity contribution in [1.82, 2.24) is 19.9 Å². The molecule has 0 aliphatic carbocycles. The predicted octanol–water partition coefficient (Wildman–Crippen LogP) is -1.45. The van der Waals surface area contributed by atoms with Gasteiger partial charge in [0, 0.05) is 11.8 Å². The summed E-state index contributed by atoms with van der Waals surface area (Å²) in [5.41, 5.74) is 1.84. The third-order valence-corrected chi connectivity index (χ3v) is 1.52. The standard InChI is InChI=1S/C7H4BN5/c8-5-3-10-4-2-11-6(1-9)13-7(4)12-5/h2-3H,8H2. The number of aromatic nitrogens is 4. The molecule has 13 heavy (non-hydrogen) atoms. The Kier molecular flexibility index (Phi) is 1.63. The highest BCUT2D eigenvalue weighted by Gasteiger charge is 2.00. The van der Waals surface area contributed by atoms with Gasteiger partial charge in [0.1, 0.15) is 11.6 Å². The summed E-state index contributed by atoms with van der Waals surface area (Å²) in [4.78, 5) is 15.9. The summed E-state index contributed by atoms with van der Waals surface area (Å²) in [6.45, 7) is 0. The van der Waals surface area contributed by atoms with Gasteiger partial charge in [-0.3, -0.25) is 4.98 Å². The lowest BCUT2D eigenvalue weighted by molar-refractivity contribution is 1.12. The summed E-state index contributed by atoms with van der Waals surface area (Å²) < 4.78 is 0. The first-order chi connectivity index (χ1) is 6.29. The smallest absolute Gasteiger partial charge is 0.234 e. The number of hydrogen-bond acceptors (Lipinski definition) is 5. The highest BCUT2D eigenvalue weighted by atomic mass is 15.0. The van der Waals surface area contributed by atoms with E-state index in [0.29, 0.717) is 11.2 Å². The van der Waals surface area contributed by atoms with E-state index in [-0.39, 0.29) is 5.82 Å². The molecule has 0 aliphatic rings. The molecule has 0 fully saturated rings. The molecule has 0 amide bonds. The molecule has 0 saturated carbocycles. The first-order valence-corrected chi connectivity index (χ1v) is 3.66. The lowest BCUT2D eigenvalue weighted by atomic mass is 10.1. The zero-order valence-corrected chi connectivity index (χ0v) is 6.89. The van der Waals surface area contributed by atoms with Crippen molar-refractivity contribution in [2.45, 2.75) is 0 Å². The van der Waals surface area contributed by atoms with Crippen LogP contribution in [-0.4, -0.2) is 27.8 Å². The van der Waals surface area contributed by atoms with Crippen LogP contribution in [0, 0.1) is 11.3 Å². The molecule has 0 aliphatic heterocycles. The summed E-state index contributed by atoms with van der Waals surface area (Å²) in [7, 11) is 1.82. The van der Waals surface area contributed by atoms with E-state index < -0.39 is 0 Å². The molecule has 2 heterocycles. The highest BCUT2D eigenvalue weighted by Crippen LogP contribution is 2.00. The predicted molar refractivity (Wildman–Crippen MR) is 48.0 cm³/mol. The van der Waals surface area contributed by atoms with Gasteiger partial charge in [-0.2, -0.15) is 10.2 Å². The number of rotatable bonds is 0. The summed E-state index contributed by atoms with van der Waals surface area (Å²) in [6, 6.07) is 1.85. The van der Waals surface area contributed by atoms with E-state index in [1.165, 1.54) is 6.20 Å². The molecule has 0 radical (unpaired) electrons. The molecule has 6 heteroatoms. The number of nitriles is 1. The molecule has 2 aromatic rings. The lowest BCUT2D eigenvalue weighted by Crippen LogP contribution is -2.10. The van der Waals surface area contributed by atoms with Gasteiger partial charge < -0.3 is 0 Å². The van der Waals surface area contributed by atoms with Crippen LogP contribution in [0.3, 0.4) is 0 Å². The molecule has 0 spiro atoms. The first-order valence-electron chi connectivity index (χ1n) is 3.66. The summed E-state index contributed by atoms with van der Waals surface area (Å²) in [5, 5.41) is 8.54. The maximum atomic E-state index is 8.54. The average Bonchev–Trinajstić information content (AvgIpc) is 2.16. The van der Waals surface area contributed by atoms with Crippen LogP contribution in [0.1, 0.15) is 5.82 Å². The van der Waals surface area contributed by atoms with Crippen molar-refractivity contribution in [2.75, 3.05) is 0 Å².